The fraction of sp³-hybridized carbons (Fsp3) is 0.316. The Kier molecular flexibility index (Phi) is 6.85. The minimum atomic E-state index is -1.29. The van der Waals surface area contributed by atoms with Gasteiger partial charge in [0.15, 0.2) is 6.10 Å². The summed E-state index contributed by atoms with van der Waals surface area (Å²) >= 11 is 5.84. The highest BCUT2D eigenvalue weighted by atomic mass is 35.5. The van der Waals surface area contributed by atoms with Crippen LogP contribution in [0, 0.1) is 0 Å². The summed E-state index contributed by atoms with van der Waals surface area (Å²) in [6, 6.07) is 13.9. The van der Waals surface area contributed by atoms with E-state index in [0.29, 0.717) is 22.0 Å². The molecule has 0 radical (unpaired) electrons. The molecule has 1 atom stereocenters. The van der Waals surface area contributed by atoms with Crippen LogP contribution in [0.3, 0.4) is 0 Å². The van der Waals surface area contributed by atoms with Gasteiger partial charge in [0.25, 0.3) is 0 Å². The fourth-order valence-electron chi connectivity index (χ4n) is 2.64. The molecule has 2 rings (SSSR count). The lowest BCUT2D eigenvalue weighted by Crippen LogP contribution is -2.44. The summed E-state index contributed by atoms with van der Waals surface area (Å²) < 4.78 is 21.9. The lowest BCUT2D eigenvalue weighted by molar-refractivity contribution is -0.263. The molecule has 7 heteroatoms. The van der Waals surface area contributed by atoms with Crippen LogP contribution in [0.1, 0.15) is 12.5 Å². The van der Waals surface area contributed by atoms with Gasteiger partial charge < -0.3 is 18.9 Å². The highest BCUT2D eigenvalue weighted by Gasteiger charge is 2.41. The molecule has 1 amide bonds. The van der Waals surface area contributed by atoms with Crippen LogP contribution in [0.4, 0.5) is 10.5 Å². The summed E-state index contributed by atoms with van der Waals surface area (Å²) in [5.41, 5.74) is 1.22. The zero-order chi connectivity index (χ0) is 19.2. The molecule has 0 saturated carbocycles. The Bertz CT molecular complexity index is 731. The van der Waals surface area contributed by atoms with Gasteiger partial charge in [0.05, 0.1) is 7.11 Å². The third kappa shape index (κ3) is 4.46. The van der Waals surface area contributed by atoms with E-state index in [4.69, 9.17) is 30.5 Å². The van der Waals surface area contributed by atoms with E-state index < -0.39 is 18.0 Å². The summed E-state index contributed by atoms with van der Waals surface area (Å²) in [6.07, 6.45) is -1.39. The standard InChI is InChI=1S/C19H22ClNO5/c1-13(26-18(22)21-16-10-8-15(20)9-11-16)19(24-3,25-4)14-6-5-7-17(12-14)23-2/h5-13H,1-4H3,(H,21,22). The average Bonchev–Trinajstić information content (AvgIpc) is 2.65. The predicted octanol–water partition coefficient (Wildman–Crippen LogP) is 4.43. The van der Waals surface area contributed by atoms with Crippen molar-refractivity contribution < 1.29 is 23.7 Å². The Labute approximate surface area is 158 Å². The molecule has 0 fully saturated rings. The summed E-state index contributed by atoms with van der Waals surface area (Å²) in [5.74, 6) is -0.648. The number of benzene rings is 2. The molecule has 2 aromatic rings. The number of carbonyl (C=O) groups is 1. The van der Waals surface area contributed by atoms with Crippen molar-refractivity contribution in [1.29, 1.82) is 0 Å². The average molecular weight is 380 g/mol. The van der Waals surface area contributed by atoms with E-state index in [9.17, 15) is 4.79 Å². The maximum absolute atomic E-state index is 12.2. The molecule has 140 valence electrons. The van der Waals surface area contributed by atoms with E-state index >= 15 is 0 Å². The largest absolute Gasteiger partial charge is 0.497 e. The molecule has 0 aliphatic carbocycles. The number of methoxy groups -OCH3 is 3. The molecule has 0 aliphatic rings. The van der Waals surface area contributed by atoms with Crippen LogP contribution in [0.2, 0.25) is 5.02 Å². The lowest BCUT2D eigenvalue weighted by atomic mass is 10.00. The minimum absolute atomic E-state index is 0.563. The van der Waals surface area contributed by atoms with Crippen molar-refractivity contribution in [2.24, 2.45) is 0 Å². The third-order valence-corrected chi connectivity index (χ3v) is 4.24. The van der Waals surface area contributed by atoms with Crippen LogP contribution in [-0.2, 0) is 20.0 Å². The van der Waals surface area contributed by atoms with Gasteiger partial charge in [-0.05, 0) is 43.3 Å². The van der Waals surface area contributed by atoms with Crippen molar-refractivity contribution in [2.75, 3.05) is 26.6 Å². The highest BCUT2D eigenvalue weighted by molar-refractivity contribution is 6.30. The number of carbonyl (C=O) groups excluding carboxylic acids is 1. The fourth-order valence-corrected chi connectivity index (χ4v) is 2.77. The van der Waals surface area contributed by atoms with E-state index in [0.717, 1.165) is 0 Å². The molecular formula is C19H22ClNO5. The second kappa shape index (κ2) is 8.89. The number of ether oxygens (including phenoxy) is 4. The number of nitrogens with one attached hydrogen (secondary N) is 1. The smallest absolute Gasteiger partial charge is 0.412 e. The van der Waals surface area contributed by atoms with Gasteiger partial charge >= 0.3 is 6.09 Å². The number of rotatable bonds is 7. The molecular weight excluding hydrogens is 358 g/mol. The first kappa shape index (κ1) is 20.0. The zero-order valence-electron chi connectivity index (χ0n) is 15.1. The van der Waals surface area contributed by atoms with Crippen LogP contribution >= 0.6 is 11.6 Å². The third-order valence-electron chi connectivity index (χ3n) is 3.99. The number of halogens is 1. The molecule has 26 heavy (non-hydrogen) atoms. The van der Waals surface area contributed by atoms with E-state index in [1.54, 1.807) is 50.4 Å². The summed E-state index contributed by atoms with van der Waals surface area (Å²) in [4.78, 5) is 12.2. The van der Waals surface area contributed by atoms with Gasteiger partial charge in [-0.3, -0.25) is 5.32 Å². The van der Waals surface area contributed by atoms with Crippen LogP contribution in [-0.4, -0.2) is 33.5 Å². The monoisotopic (exact) mass is 379 g/mol. The topological polar surface area (TPSA) is 66.0 Å². The molecule has 1 unspecified atom stereocenters. The second-order valence-electron chi connectivity index (χ2n) is 5.49. The first-order valence-corrected chi connectivity index (χ1v) is 8.31. The van der Waals surface area contributed by atoms with Gasteiger partial charge in [-0.1, -0.05) is 23.7 Å². The van der Waals surface area contributed by atoms with Gasteiger partial charge in [0, 0.05) is 30.5 Å². The van der Waals surface area contributed by atoms with E-state index in [1.165, 1.54) is 14.2 Å². The maximum atomic E-state index is 12.2. The van der Waals surface area contributed by atoms with Gasteiger partial charge in [-0.15, -0.1) is 0 Å². The van der Waals surface area contributed by atoms with Crippen molar-refractivity contribution in [1.82, 2.24) is 0 Å². The molecule has 6 nitrogen and oxygen atoms in total. The number of anilines is 1. The van der Waals surface area contributed by atoms with Crippen LogP contribution in [0.5, 0.6) is 5.75 Å². The van der Waals surface area contributed by atoms with Crippen LogP contribution in [0.15, 0.2) is 48.5 Å². The molecule has 0 saturated heterocycles. The number of hydrogen-bond acceptors (Lipinski definition) is 5. The Morgan fingerprint density at radius 3 is 2.31 bits per heavy atom. The van der Waals surface area contributed by atoms with Crippen molar-refractivity contribution in [3.63, 3.8) is 0 Å². The van der Waals surface area contributed by atoms with Crippen LogP contribution < -0.4 is 10.1 Å². The normalized spacial score (nSPS) is 12.3. The minimum Gasteiger partial charge on any atom is -0.497 e. The summed E-state index contributed by atoms with van der Waals surface area (Å²) in [5, 5.41) is 3.22. The van der Waals surface area contributed by atoms with E-state index in [-0.39, 0.29) is 0 Å². The van der Waals surface area contributed by atoms with Gasteiger partial charge in [-0.25, -0.2) is 4.79 Å². The number of hydrogen-bond donors (Lipinski definition) is 1. The molecule has 0 aliphatic heterocycles. The first-order chi connectivity index (χ1) is 12.4. The highest BCUT2D eigenvalue weighted by Crippen LogP contribution is 2.34. The molecule has 0 bridgehead atoms. The lowest BCUT2D eigenvalue weighted by Gasteiger charge is -2.36. The molecule has 1 N–H and O–H groups in total. The van der Waals surface area contributed by atoms with Crippen molar-refractivity contribution >= 4 is 23.4 Å². The van der Waals surface area contributed by atoms with Crippen molar-refractivity contribution in [3.05, 3.63) is 59.1 Å². The molecule has 0 spiro atoms. The van der Waals surface area contributed by atoms with Crippen LogP contribution in [0.25, 0.3) is 0 Å². The number of amides is 1. The zero-order valence-corrected chi connectivity index (χ0v) is 15.9. The Balaban J connectivity index is 2.17. The van der Waals surface area contributed by atoms with Gasteiger partial charge in [0.2, 0.25) is 5.79 Å². The Hall–Kier alpha value is -2.28. The summed E-state index contributed by atoms with van der Waals surface area (Å²) in [6.45, 7) is 1.69. The molecule has 0 heterocycles. The molecule has 0 aromatic heterocycles. The Morgan fingerprint density at radius 2 is 1.73 bits per heavy atom. The van der Waals surface area contributed by atoms with Gasteiger partial charge in [0.1, 0.15) is 5.75 Å². The Morgan fingerprint density at radius 1 is 1.08 bits per heavy atom. The second-order valence-corrected chi connectivity index (χ2v) is 5.92. The molecule has 2 aromatic carbocycles. The SMILES string of the molecule is COc1cccc(C(OC)(OC)C(C)OC(=O)Nc2ccc(Cl)cc2)c1. The van der Waals surface area contributed by atoms with E-state index in [2.05, 4.69) is 5.32 Å². The van der Waals surface area contributed by atoms with E-state index in [1.807, 2.05) is 12.1 Å². The first-order valence-electron chi connectivity index (χ1n) is 7.93. The quantitative estimate of drug-likeness (QED) is 0.721. The van der Waals surface area contributed by atoms with Gasteiger partial charge in [-0.2, -0.15) is 0 Å². The predicted molar refractivity (Wildman–Crippen MR) is 99.7 cm³/mol. The maximum Gasteiger partial charge on any atom is 0.412 e. The van der Waals surface area contributed by atoms with Crippen molar-refractivity contribution in [3.8, 4) is 5.75 Å². The summed E-state index contributed by atoms with van der Waals surface area (Å²) in [7, 11) is 4.54. The van der Waals surface area contributed by atoms with Crippen molar-refractivity contribution in [2.45, 2.75) is 18.8 Å².